The van der Waals surface area contributed by atoms with Gasteiger partial charge in [0, 0.05) is 38.4 Å². The van der Waals surface area contributed by atoms with Crippen LogP contribution in [0, 0.1) is 0 Å². The van der Waals surface area contributed by atoms with E-state index in [-0.39, 0.29) is 28.9 Å². The minimum atomic E-state index is -3.69. The van der Waals surface area contributed by atoms with Crippen LogP contribution < -0.4 is 4.74 Å². The molecule has 0 radical (unpaired) electrons. The number of nitrogens with zero attached hydrogens (tertiary/aromatic N) is 4. The lowest BCUT2D eigenvalue weighted by Crippen LogP contribution is -2.50. The molecule has 2 aliphatic rings. The summed E-state index contributed by atoms with van der Waals surface area (Å²) in [6, 6.07) is 6.27. The molecular weight excluding hydrogens is 416 g/mol. The molecule has 1 amide bonds. The van der Waals surface area contributed by atoms with Crippen LogP contribution in [-0.4, -0.2) is 66.6 Å². The Kier molecular flexibility index (Phi) is 5.54. The van der Waals surface area contributed by atoms with Crippen molar-refractivity contribution in [1.82, 2.24) is 19.0 Å². The van der Waals surface area contributed by atoms with Crippen molar-refractivity contribution in [3.05, 3.63) is 40.7 Å². The summed E-state index contributed by atoms with van der Waals surface area (Å²) in [5.41, 5.74) is 1.54. The molecule has 2 aromatic rings. The summed E-state index contributed by atoms with van der Waals surface area (Å²) < 4.78 is 34.2. The van der Waals surface area contributed by atoms with Gasteiger partial charge in [0.1, 0.15) is 5.75 Å². The van der Waals surface area contributed by atoms with Crippen molar-refractivity contribution in [2.45, 2.75) is 30.7 Å². The predicted octanol–water partition coefficient (Wildman–Crippen LogP) is 2.03. The lowest BCUT2D eigenvalue weighted by molar-refractivity contribution is 0.0691. The molecule has 1 aromatic heterocycles. The van der Waals surface area contributed by atoms with Gasteiger partial charge in [-0.05, 0) is 43.5 Å². The first-order valence-electron chi connectivity index (χ1n) is 9.60. The van der Waals surface area contributed by atoms with Crippen LogP contribution in [-0.2, 0) is 23.0 Å². The van der Waals surface area contributed by atoms with Gasteiger partial charge in [-0.15, -0.1) is 0 Å². The second-order valence-corrected chi connectivity index (χ2v) is 9.54. The minimum Gasteiger partial charge on any atom is -0.495 e. The number of aryl methyl sites for hydroxylation is 2. The number of carbonyl (C=O) groups is 1. The first-order chi connectivity index (χ1) is 13.9. The van der Waals surface area contributed by atoms with Gasteiger partial charge in [-0.3, -0.25) is 9.48 Å². The first kappa shape index (κ1) is 20.2. The Bertz CT molecular complexity index is 1010. The van der Waals surface area contributed by atoms with Crippen molar-refractivity contribution in [2.24, 2.45) is 0 Å². The molecule has 0 unspecified atom stereocenters. The molecule has 4 rings (SSSR count). The van der Waals surface area contributed by atoms with Crippen molar-refractivity contribution in [3.63, 3.8) is 0 Å². The molecule has 0 spiro atoms. The van der Waals surface area contributed by atoms with Crippen LogP contribution >= 0.6 is 11.6 Å². The summed E-state index contributed by atoms with van der Waals surface area (Å²) in [5.74, 6) is 0.278. The highest BCUT2D eigenvalue weighted by Gasteiger charge is 2.32. The molecule has 2 aliphatic heterocycles. The second kappa shape index (κ2) is 7.97. The van der Waals surface area contributed by atoms with E-state index in [1.54, 1.807) is 4.90 Å². The second-order valence-electron chi connectivity index (χ2n) is 7.19. The Morgan fingerprint density at radius 3 is 2.52 bits per heavy atom. The maximum Gasteiger partial charge on any atom is 0.274 e. The number of ether oxygens (including phenoxy) is 1. The molecule has 0 bridgehead atoms. The topological polar surface area (TPSA) is 84.7 Å². The van der Waals surface area contributed by atoms with Crippen LogP contribution in [0.5, 0.6) is 5.75 Å². The Labute approximate surface area is 175 Å². The molecular formula is C19H23ClN4O4S. The van der Waals surface area contributed by atoms with E-state index in [0.717, 1.165) is 31.5 Å². The van der Waals surface area contributed by atoms with E-state index >= 15 is 0 Å². The van der Waals surface area contributed by atoms with E-state index in [4.69, 9.17) is 16.3 Å². The monoisotopic (exact) mass is 438 g/mol. The third kappa shape index (κ3) is 3.86. The maximum absolute atomic E-state index is 12.9. The Balaban J connectivity index is 1.44. The molecule has 0 N–H and O–H groups in total. The molecule has 1 aromatic carbocycles. The van der Waals surface area contributed by atoms with Gasteiger partial charge < -0.3 is 9.64 Å². The number of hydrogen-bond acceptors (Lipinski definition) is 5. The largest absolute Gasteiger partial charge is 0.495 e. The van der Waals surface area contributed by atoms with Gasteiger partial charge in [0.15, 0.2) is 5.69 Å². The van der Waals surface area contributed by atoms with E-state index in [9.17, 15) is 13.2 Å². The van der Waals surface area contributed by atoms with Crippen molar-refractivity contribution in [1.29, 1.82) is 0 Å². The van der Waals surface area contributed by atoms with Crippen LogP contribution in [0.15, 0.2) is 29.2 Å². The van der Waals surface area contributed by atoms with E-state index < -0.39 is 10.0 Å². The summed E-state index contributed by atoms with van der Waals surface area (Å²) >= 11 is 6.08. The number of aromatic nitrogens is 2. The van der Waals surface area contributed by atoms with E-state index in [2.05, 4.69) is 5.10 Å². The number of methoxy groups -OCH3 is 1. The Hall–Kier alpha value is -2.10. The molecule has 1 saturated heterocycles. The summed E-state index contributed by atoms with van der Waals surface area (Å²) in [5, 5.41) is 4.68. The number of fused-ring (bicyclic) bond motifs is 1. The number of rotatable bonds is 4. The SMILES string of the molecule is COc1ccc(S(=O)(=O)N2CCN(C(=O)c3cc4n(n3)CCCC4)CC2)cc1Cl. The molecule has 0 aliphatic carbocycles. The zero-order valence-corrected chi connectivity index (χ0v) is 17.7. The van der Waals surface area contributed by atoms with Crippen molar-refractivity contribution >= 4 is 27.5 Å². The Morgan fingerprint density at radius 1 is 1.10 bits per heavy atom. The van der Waals surface area contributed by atoms with E-state index in [0.29, 0.717) is 24.5 Å². The van der Waals surface area contributed by atoms with Crippen LogP contribution in [0.4, 0.5) is 0 Å². The molecule has 8 nitrogen and oxygen atoms in total. The summed E-state index contributed by atoms with van der Waals surface area (Å²) in [6.07, 6.45) is 3.14. The predicted molar refractivity (Wildman–Crippen MR) is 108 cm³/mol. The van der Waals surface area contributed by atoms with Crippen molar-refractivity contribution in [3.8, 4) is 5.75 Å². The quantitative estimate of drug-likeness (QED) is 0.729. The number of sulfonamides is 1. The number of amides is 1. The molecule has 29 heavy (non-hydrogen) atoms. The van der Waals surface area contributed by atoms with Gasteiger partial charge >= 0.3 is 0 Å². The Morgan fingerprint density at radius 2 is 1.86 bits per heavy atom. The maximum atomic E-state index is 12.9. The van der Waals surface area contributed by atoms with E-state index in [1.807, 2.05) is 10.7 Å². The van der Waals surface area contributed by atoms with Gasteiger partial charge in [-0.1, -0.05) is 11.6 Å². The summed E-state index contributed by atoms with van der Waals surface area (Å²) in [6.45, 7) is 1.95. The minimum absolute atomic E-state index is 0.116. The van der Waals surface area contributed by atoms with Crippen LogP contribution in [0.2, 0.25) is 5.02 Å². The highest BCUT2D eigenvalue weighted by molar-refractivity contribution is 7.89. The van der Waals surface area contributed by atoms with Gasteiger partial charge in [0.2, 0.25) is 10.0 Å². The molecule has 0 saturated carbocycles. The highest BCUT2D eigenvalue weighted by Crippen LogP contribution is 2.29. The number of benzene rings is 1. The average molecular weight is 439 g/mol. The zero-order valence-electron chi connectivity index (χ0n) is 16.2. The third-order valence-corrected chi connectivity index (χ3v) is 7.61. The lowest BCUT2D eigenvalue weighted by Gasteiger charge is -2.33. The fraction of sp³-hybridized carbons (Fsp3) is 0.474. The third-order valence-electron chi connectivity index (χ3n) is 5.42. The molecule has 156 valence electrons. The summed E-state index contributed by atoms with van der Waals surface area (Å²) in [4.78, 5) is 14.6. The van der Waals surface area contributed by atoms with E-state index in [1.165, 1.54) is 29.6 Å². The smallest absolute Gasteiger partial charge is 0.274 e. The standard InChI is InChI=1S/C19H23ClN4O4S/c1-28-18-6-5-15(13-16(18)20)29(26,27)23-10-8-22(9-11-23)19(25)17-12-14-4-2-3-7-24(14)21-17/h5-6,12-13H,2-4,7-11H2,1H3. The van der Waals surface area contributed by atoms with Gasteiger partial charge in [-0.25, -0.2) is 8.42 Å². The zero-order chi connectivity index (χ0) is 20.6. The molecule has 0 atom stereocenters. The van der Waals surface area contributed by atoms with Crippen LogP contribution in [0.3, 0.4) is 0 Å². The fourth-order valence-corrected chi connectivity index (χ4v) is 5.54. The molecule has 3 heterocycles. The van der Waals surface area contributed by atoms with Gasteiger partial charge in [0.25, 0.3) is 5.91 Å². The van der Waals surface area contributed by atoms with Crippen LogP contribution in [0.1, 0.15) is 29.0 Å². The number of piperazine rings is 1. The van der Waals surface area contributed by atoms with Crippen molar-refractivity contribution in [2.75, 3.05) is 33.3 Å². The highest BCUT2D eigenvalue weighted by atomic mass is 35.5. The fourth-order valence-electron chi connectivity index (χ4n) is 3.77. The summed E-state index contributed by atoms with van der Waals surface area (Å²) in [7, 11) is -2.22. The van der Waals surface area contributed by atoms with Crippen molar-refractivity contribution < 1.29 is 17.9 Å². The average Bonchev–Trinajstić information content (AvgIpc) is 3.17. The number of hydrogen-bond donors (Lipinski definition) is 0. The normalized spacial score (nSPS) is 17.8. The first-order valence-corrected chi connectivity index (χ1v) is 11.4. The lowest BCUT2D eigenvalue weighted by atomic mass is 10.1. The van der Waals surface area contributed by atoms with Gasteiger partial charge in [-0.2, -0.15) is 9.40 Å². The molecule has 10 heteroatoms. The van der Waals surface area contributed by atoms with Crippen LogP contribution in [0.25, 0.3) is 0 Å². The van der Waals surface area contributed by atoms with Gasteiger partial charge in [0.05, 0.1) is 17.0 Å². The number of carbonyl (C=O) groups excluding carboxylic acids is 1. The number of halogens is 1. The molecule has 1 fully saturated rings.